The molecule has 1 atom stereocenters. The van der Waals surface area contributed by atoms with Crippen LogP contribution < -0.4 is 10.5 Å². The summed E-state index contributed by atoms with van der Waals surface area (Å²) < 4.78 is 11.0. The van der Waals surface area contributed by atoms with Crippen LogP contribution in [0.3, 0.4) is 0 Å². The Hall–Kier alpha value is -1.10. The van der Waals surface area contributed by atoms with Crippen LogP contribution in [0.2, 0.25) is 0 Å². The molecule has 0 aromatic heterocycles. The molecule has 106 valence electrons. The SMILES string of the molecule is NC[C@H](O)COc1ccc(CCOCC2CC2)cc1. The van der Waals surface area contributed by atoms with Gasteiger partial charge in [0.15, 0.2) is 0 Å². The first-order valence-electron chi connectivity index (χ1n) is 6.95. The molecule has 0 amide bonds. The molecule has 1 fully saturated rings. The molecule has 0 unspecified atom stereocenters. The first kappa shape index (κ1) is 14.3. The molecular formula is C15H23NO3. The summed E-state index contributed by atoms with van der Waals surface area (Å²) in [5, 5.41) is 9.30. The third-order valence-electron chi connectivity index (χ3n) is 3.22. The molecule has 4 nitrogen and oxygen atoms in total. The predicted octanol–water partition coefficient (Wildman–Crippen LogP) is 1.35. The lowest BCUT2D eigenvalue weighted by atomic mass is 10.1. The summed E-state index contributed by atoms with van der Waals surface area (Å²) in [6.45, 7) is 2.15. The maximum atomic E-state index is 9.30. The highest BCUT2D eigenvalue weighted by Gasteiger charge is 2.20. The van der Waals surface area contributed by atoms with Gasteiger partial charge >= 0.3 is 0 Å². The number of nitrogens with two attached hydrogens (primary N) is 1. The second-order valence-electron chi connectivity index (χ2n) is 5.11. The lowest BCUT2D eigenvalue weighted by Crippen LogP contribution is -2.26. The van der Waals surface area contributed by atoms with Crippen molar-refractivity contribution in [1.29, 1.82) is 0 Å². The van der Waals surface area contributed by atoms with Gasteiger partial charge in [-0.3, -0.25) is 0 Å². The highest BCUT2D eigenvalue weighted by molar-refractivity contribution is 5.27. The third-order valence-corrected chi connectivity index (χ3v) is 3.22. The Morgan fingerprint density at radius 3 is 2.63 bits per heavy atom. The standard InChI is InChI=1S/C15H23NO3/c16-9-14(17)11-19-15-5-3-12(4-6-15)7-8-18-10-13-1-2-13/h3-6,13-14,17H,1-2,7-11,16H2/t14-/m0/s1. The predicted molar refractivity (Wildman–Crippen MR) is 74.2 cm³/mol. The molecule has 2 rings (SSSR count). The van der Waals surface area contributed by atoms with Crippen LogP contribution in [0.15, 0.2) is 24.3 Å². The van der Waals surface area contributed by atoms with Gasteiger partial charge in [0, 0.05) is 13.2 Å². The summed E-state index contributed by atoms with van der Waals surface area (Å²) in [5.41, 5.74) is 6.55. The Labute approximate surface area is 114 Å². The summed E-state index contributed by atoms with van der Waals surface area (Å²) in [5.74, 6) is 1.58. The normalized spacial score (nSPS) is 16.3. The molecule has 0 heterocycles. The number of rotatable bonds is 9. The molecule has 19 heavy (non-hydrogen) atoms. The van der Waals surface area contributed by atoms with Crippen LogP contribution in [0.4, 0.5) is 0 Å². The number of ether oxygens (including phenoxy) is 2. The van der Waals surface area contributed by atoms with E-state index in [4.69, 9.17) is 15.2 Å². The Morgan fingerprint density at radius 2 is 2.00 bits per heavy atom. The maximum Gasteiger partial charge on any atom is 0.119 e. The van der Waals surface area contributed by atoms with E-state index in [9.17, 15) is 5.11 Å². The zero-order valence-electron chi connectivity index (χ0n) is 11.3. The molecule has 1 aliphatic carbocycles. The quantitative estimate of drug-likeness (QED) is 0.662. The van der Waals surface area contributed by atoms with E-state index in [1.54, 1.807) is 0 Å². The van der Waals surface area contributed by atoms with Crippen molar-refractivity contribution >= 4 is 0 Å². The number of hydrogen-bond donors (Lipinski definition) is 2. The topological polar surface area (TPSA) is 64.7 Å². The molecule has 1 aliphatic rings. The van der Waals surface area contributed by atoms with Crippen molar-refractivity contribution in [2.75, 3.05) is 26.4 Å². The van der Waals surface area contributed by atoms with E-state index in [-0.39, 0.29) is 13.2 Å². The molecule has 0 bridgehead atoms. The molecule has 1 aromatic rings. The number of aliphatic hydroxyl groups is 1. The van der Waals surface area contributed by atoms with Crippen LogP contribution in [-0.2, 0) is 11.2 Å². The fourth-order valence-electron chi connectivity index (χ4n) is 1.74. The summed E-state index contributed by atoms with van der Waals surface area (Å²) >= 11 is 0. The van der Waals surface area contributed by atoms with Crippen molar-refractivity contribution in [3.8, 4) is 5.75 Å². The summed E-state index contributed by atoms with van der Waals surface area (Å²) in [7, 11) is 0. The number of aliphatic hydroxyl groups excluding tert-OH is 1. The summed E-state index contributed by atoms with van der Waals surface area (Å²) in [4.78, 5) is 0. The minimum Gasteiger partial charge on any atom is -0.491 e. The van der Waals surface area contributed by atoms with E-state index >= 15 is 0 Å². The van der Waals surface area contributed by atoms with Crippen LogP contribution in [-0.4, -0.2) is 37.6 Å². The van der Waals surface area contributed by atoms with Gasteiger partial charge in [-0.1, -0.05) is 12.1 Å². The van der Waals surface area contributed by atoms with E-state index < -0.39 is 6.10 Å². The molecule has 0 saturated heterocycles. The van der Waals surface area contributed by atoms with Crippen molar-refractivity contribution in [3.05, 3.63) is 29.8 Å². The average molecular weight is 265 g/mol. The molecular weight excluding hydrogens is 242 g/mol. The molecule has 0 spiro atoms. The van der Waals surface area contributed by atoms with Gasteiger partial charge in [0.2, 0.25) is 0 Å². The van der Waals surface area contributed by atoms with Crippen LogP contribution >= 0.6 is 0 Å². The van der Waals surface area contributed by atoms with Gasteiger partial charge in [0.25, 0.3) is 0 Å². The Bertz CT molecular complexity index is 362. The molecule has 3 N–H and O–H groups in total. The highest BCUT2D eigenvalue weighted by Crippen LogP contribution is 2.28. The fourth-order valence-corrected chi connectivity index (χ4v) is 1.74. The Kier molecular flexibility index (Phi) is 5.63. The van der Waals surface area contributed by atoms with Crippen molar-refractivity contribution in [1.82, 2.24) is 0 Å². The van der Waals surface area contributed by atoms with Gasteiger partial charge in [-0.2, -0.15) is 0 Å². The zero-order valence-corrected chi connectivity index (χ0v) is 11.3. The van der Waals surface area contributed by atoms with Gasteiger partial charge in [0.05, 0.1) is 6.61 Å². The monoisotopic (exact) mass is 265 g/mol. The third kappa shape index (κ3) is 5.59. The molecule has 4 heteroatoms. The van der Waals surface area contributed by atoms with Crippen LogP contribution in [0, 0.1) is 5.92 Å². The zero-order chi connectivity index (χ0) is 13.5. The van der Waals surface area contributed by atoms with Crippen LogP contribution in [0.25, 0.3) is 0 Å². The lowest BCUT2D eigenvalue weighted by Gasteiger charge is -2.10. The molecule has 1 saturated carbocycles. The minimum atomic E-state index is -0.601. The minimum absolute atomic E-state index is 0.219. The number of hydrogen-bond acceptors (Lipinski definition) is 4. The van der Waals surface area contributed by atoms with Crippen molar-refractivity contribution < 1.29 is 14.6 Å². The summed E-state index contributed by atoms with van der Waals surface area (Å²) in [6.07, 6.45) is 3.00. The van der Waals surface area contributed by atoms with Crippen molar-refractivity contribution in [3.63, 3.8) is 0 Å². The average Bonchev–Trinajstić information content (AvgIpc) is 3.26. The van der Waals surface area contributed by atoms with Gasteiger partial charge in [-0.25, -0.2) is 0 Å². The lowest BCUT2D eigenvalue weighted by molar-refractivity contribution is 0.114. The van der Waals surface area contributed by atoms with E-state index in [0.29, 0.717) is 0 Å². The second kappa shape index (κ2) is 7.48. The fraction of sp³-hybridized carbons (Fsp3) is 0.600. The summed E-state index contributed by atoms with van der Waals surface area (Å²) in [6, 6.07) is 7.90. The number of benzene rings is 1. The first-order chi connectivity index (χ1) is 9.28. The van der Waals surface area contributed by atoms with Crippen molar-refractivity contribution in [2.24, 2.45) is 11.7 Å². The van der Waals surface area contributed by atoms with E-state index in [1.807, 2.05) is 24.3 Å². The van der Waals surface area contributed by atoms with Gasteiger partial charge in [-0.05, 0) is 42.9 Å². The molecule has 0 radical (unpaired) electrons. The van der Waals surface area contributed by atoms with E-state index in [0.717, 1.165) is 31.3 Å². The first-order valence-corrected chi connectivity index (χ1v) is 6.95. The van der Waals surface area contributed by atoms with Crippen molar-refractivity contribution in [2.45, 2.75) is 25.4 Å². The van der Waals surface area contributed by atoms with E-state index in [1.165, 1.54) is 18.4 Å². The van der Waals surface area contributed by atoms with Crippen LogP contribution in [0.1, 0.15) is 18.4 Å². The Balaban J connectivity index is 1.65. The molecule has 0 aliphatic heterocycles. The van der Waals surface area contributed by atoms with E-state index in [2.05, 4.69) is 0 Å². The molecule has 1 aromatic carbocycles. The van der Waals surface area contributed by atoms with Crippen LogP contribution in [0.5, 0.6) is 5.75 Å². The Morgan fingerprint density at radius 1 is 1.26 bits per heavy atom. The highest BCUT2D eigenvalue weighted by atomic mass is 16.5. The maximum absolute atomic E-state index is 9.30. The van der Waals surface area contributed by atoms with Gasteiger partial charge < -0.3 is 20.3 Å². The smallest absolute Gasteiger partial charge is 0.119 e. The van der Waals surface area contributed by atoms with Gasteiger partial charge in [0.1, 0.15) is 18.5 Å². The van der Waals surface area contributed by atoms with Gasteiger partial charge in [-0.15, -0.1) is 0 Å². The second-order valence-corrected chi connectivity index (χ2v) is 5.11. The largest absolute Gasteiger partial charge is 0.491 e.